The smallest absolute Gasteiger partial charge is 0.336 e. The molecule has 2 aromatic heterocycles. The van der Waals surface area contributed by atoms with Crippen LogP contribution in [0.25, 0.3) is 11.0 Å². The molecule has 1 aromatic carbocycles. The van der Waals surface area contributed by atoms with Crippen LogP contribution in [0.3, 0.4) is 0 Å². The molecule has 0 unspecified atom stereocenters. The lowest BCUT2D eigenvalue weighted by atomic mass is 10.0. The Balaban J connectivity index is 1.99. The lowest BCUT2D eigenvalue weighted by molar-refractivity contribution is 0.293. The number of ether oxygens (including phenoxy) is 1. The fourth-order valence-corrected chi connectivity index (χ4v) is 2.40. The lowest BCUT2D eigenvalue weighted by Gasteiger charge is -2.12. The Morgan fingerprint density at radius 1 is 1.36 bits per heavy atom. The number of fused-ring (bicyclic) bond motifs is 1. The van der Waals surface area contributed by atoms with Crippen LogP contribution in [0.1, 0.15) is 30.3 Å². The third-order valence-corrected chi connectivity index (χ3v) is 3.43. The molecule has 0 spiro atoms. The maximum atomic E-state index is 11.7. The van der Waals surface area contributed by atoms with Gasteiger partial charge in [0, 0.05) is 22.8 Å². The van der Waals surface area contributed by atoms with Gasteiger partial charge in [0.25, 0.3) is 0 Å². The van der Waals surface area contributed by atoms with E-state index in [0.717, 1.165) is 29.4 Å². The third kappa shape index (κ3) is 2.69. The van der Waals surface area contributed by atoms with E-state index in [4.69, 9.17) is 9.15 Å². The molecule has 0 aliphatic rings. The van der Waals surface area contributed by atoms with Crippen LogP contribution in [-0.4, -0.2) is 15.5 Å². The van der Waals surface area contributed by atoms with Crippen LogP contribution in [0.5, 0.6) is 5.75 Å². The molecule has 0 radical (unpaired) electrons. The van der Waals surface area contributed by atoms with Gasteiger partial charge in [0.05, 0.1) is 0 Å². The third-order valence-electron chi connectivity index (χ3n) is 3.43. The predicted octanol–water partition coefficient (Wildman–Crippen LogP) is 1.78. The summed E-state index contributed by atoms with van der Waals surface area (Å²) >= 11 is 0. The zero-order valence-electron chi connectivity index (χ0n) is 12.4. The molecule has 7 heteroatoms. The molecule has 0 saturated carbocycles. The number of benzene rings is 1. The first-order valence-electron chi connectivity index (χ1n) is 7.05. The van der Waals surface area contributed by atoms with Crippen molar-refractivity contribution in [3.8, 4) is 5.75 Å². The highest BCUT2D eigenvalue weighted by molar-refractivity contribution is 5.84. The highest BCUT2D eigenvalue weighted by Gasteiger charge is 2.11. The van der Waals surface area contributed by atoms with E-state index in [-0.39, 0.29) is 12.2 Å². The zero-order valence-corrected chi connectivity index (χ0v) is 12.4. The summed E-state index contributed by atoms with van der Waals surface area (Å²) in [5.74, 6) is 1.02. The topological polar surface area (TPSA) is 92.2 Å². The Labute approximate surface area is 126 Å². The normalized spacial score (nSPS) is 11.0. The van der Waals surface area contributed by atoms with Gasteiger partial charge in [0.15, 0.2) is 0 Å². The average Bonchev–Trinajstić information content (AvgIpc) is 3.01. The molecule has 0 bridgehead atoms. The van der Waals surface area contributed by atoms with Gasteiger partial charge in [-0.2, -0.15) is 5.21 Å². The first-order valence-corrected chi connectivity index (χ1v) is 7.05. The minimum atomic E-state index is -0.344. The van der Waals surface area contributed by atoms with Crippen molar-refractivity contribution in [2.45, 2.75) is 33.3 Å². The number of tetrazole rings is 1. The van der Waals surface area contributed by atoms with Crippen LogP contribution < -0.4 is 15.5 Å². The SMILES string of the molecule is CCCc1cc(=O)oc2c(C)c(OCc3nnn[n-]3)ccc12. The van der Waals surface area contributed by atoms with Gasteiger partial charge in [-0.3, -0.25) is 10.3 Å². The highest BCUT2D eigenvalue weighted by Crippen LogP contribution is 2.29. The van der Waals surface area contributed by atoms with Crippen LogP contribution in [-0.2, 0) is 13.0 Å². The van der Waals surface area contributed by atoms with E-state index in [1.807, 2.05) is 19.1 Å². The number of aryl methyl sites for hydroxylation is 2. The van der Waals surface area contributed by atoms with Gasteiger partial charge in [-0.05, 0) is 31.0 Å². The Morgan fingerprint density at radius 3 is 2.95 bits per heavy atom. The van der Waals surface area contributed by atoms with Crippen molar-refractivity contribution in [2.75, 3.05) is 0 Å². The summed E-state index contributed by atoms with van der Waals surface area (Å²) in [5.41, 5.74) is 1.99. The maximum absolute atomic E-state index is 11.7. The molecule has 0 atom stereocenters. The van der Waals surface area contributed by atoms with Crippen LogP contribution >= 0.6 is 0 Å². The first-order chi connectivity index (χ1) is 10.7. The molecular weight excluding hydrogens is 284 g/mol. The fourth-order valence-electron chi connectivity index (χ4n) is 2.40. The van der Waals surface area contributed by atoms with Crippen LogP contribution in [0.15, 0.2) is 27.4 Å². The highest BCUT2D eigenvalue weighted by atomic mass is 16.5. The van der Waals surface area contributed by atoms with Gasteiger partial charge in [0.1, 0.15) is 17.9 Å². The van der Waals surface area contributed by atoms with Crippen molar-refractivity contribution < 1.29 is 9.15 Å². The molecule has 0 aliphatic carbocycles. The molecule has 0 aliphatic heterocycles. The largest absolute Gasteiger partial charge is 0.488 e. The van der Waals surface area contributed by atoms with Gasteiger partial charge < -0.3 is 14.3 Å². The monoisotopic (exact) mass is 299 g/mol. The second kappa shape index (κ2) is 5.97. The van der Waals surface area contributed by atoms with Crippen molar-refractivity contribution in [1.82, 2.24) is 20.6 Å². The van der Waals surface area contributed by atoms with Crippen LogP contribution in [0.4, 0.5) is 0 Å². The molecule has 22 heavy (non-hydrogen) atoms. The van der Waals surface area contributed by atoms with E-state index < -0.39 is 0 Å². The predicted molar refractivity (Wildman–Crippen MR) is 78.7 cm³/mol. The first kappa shape index (κ1) is 14.2. The van der Waals surface area contributed by atoms with E-state index in [2.05, 4.69) is 27.5 Å². The van der Waals surface area contributed by atoms with Gasteiger partial charge in [0.2, 0.25) is 0 Å². The van der Waals surface area contributed by atoms with Crippen LogP contribution in [0, 0.1) is 6.92 Å². The van der Waals surface area contributed by atoms with Crippen molar-refractivity contribution in [1.29, 1.82) is 0 Å². The molecule has 3 aromatic rings. The van der Waals surface area contributed by atoms with Crippen LogP contribution in [0.2, 0.25) is 0 Å². The number of hydrogen-bond donors (Lipinski definition) is 0. The molecular formula is C15H15N4O3-. The second-order valence-corrected chi connectivity index (χ2v) is 4.99. The maximum Gasteiger partial charge on any atom is 0.336 e. The molecule has 2 heterocycles. The number of aromatic nitrogens is 4. The molecule has 0 fully saturated rings. The lowest BCUT2D eigenvalue weighted by Crippen LogP contribution is -2.04. The van der Waals surface area contributed by atoms with Gasteiger partial charge in [-0.25, -0.2) is 4.79 Å². The quantitative estimate of drug-likeness (QED) is 0.663. The van der Waals surface area contributed by atoms with Gasteiger partial charge in [-0.1, -0.05) is 13.3 Å². The van der Waals surface area contributed by atoms with Crippen molar-refractivity contribution in [2.24, 2.45) is 0 Å². The van der Waals surface area contributed by atoms with Crippen molar-refractivity contribution in [3.63, 3.8) is 0 Å². The van der Waals surface area contributed by atoms with Crippen molar-refractivity contribution in [3.05, 3.63) is 45.6 Å². The van der Waals surface area contributed by atoms with E-state index >= 15 is 0 Å². The van der Waals surface area contributed by atoms with Gasteiger partial charge >= 0.3 is 5.63 Å². The van der Waals surface area contributed by atoms with E-state index in [0.29, 0.717) is 17.2 Å². The molecule has 0 amide bonds. The minimum Gasteiger partial charge on any atom is -0.488 e. The Bertz CT molecular complexity index is 840. The summed E-state index contributed by atoms with van der Waals surface area (Å²) in [7, 11) is 0. The zero-order chi connectivity index (χ0) is 15.5. The Kier molecular flexibility index (Phi) is 3.86. The minimum absolute atomic E-state index is 0.165. The molecule has 7 nitrogen and oxygen atoms in total. The summed E-state index contributed by atoms with van der Waals surface area (Å²) in [4.78, 5) is 11.7. The number of hydrogen-bond acceptors (Lipinski definition) is 6. The number of nitrogens with zero attached hydrogens (tertiary/aromatic N) is 4. The Hall–Kier alpha value is -2.70. The summed E-state index contributed by atoms with van der Waals surface area (Å²) in [6.07, 6.45) is 1.80. The standard InChI is InChI=1S/C15H15N4O3/c1-3-4-10-7-14(20)22-15-9(2)12(6-5-11(10)15)21-8-13-16-18-19-17-13/h5-7H,3-4,8H2,1-2H3/q-1. The van der Waals surface area contributed by atoms with E-state index in [1.54, 1.807) is 6.07 Å². The Morgan fingerprint density at radius 2 is 2.23 bits per heavy atom. The summed E-state index contributed by atoms with van der Waals surface area (Å²) in [6.45, 7) is 4.10. The summed E-state index contributed by atoms with van der Waals surface area (Å²) in [5, 5.41) is 15.2. The van der Waals surface area contributed by atoms with Gasteiger partial charge in [-0.15, -0.1) is 0 Å². The molecule has 114 valence electrons. The average molecular weight is 299 g/mol. The fraction of sp³-hybridized carbons (Fsp3) is 0.333. The molecule has 3 rings (SSSR count). The second-order valence-electron chi connectivity index (χ2n) is 4.99. The van der Waals surface area contributed by atoms with Crippen molar-refractivity contribution >= 4 is 11.0 Å². The summed E-state index contributed by atoms with van der Waals surface area (Å²) < 4.78 is 11.0. The number of rotatable bonds is 5. The van der Waals surface area contributed by atoms with E-state index in [1.165, 1.54) is 0 Å². The molecule has 0 N–H and O–H groups in total. The van der Waals surface area contributed by atoms with E-state index in [9.17, 15) is 4.79 Å². The summed E-state index contributed by atoms with van der Waals surface area (Å²) in [6, 6.07) is 5.33. The molecule has 0 saturated heterocycles.